The number of rotatable bonds is 0. The van der Waals surface area contributed by atoms with E-state index in [9.17, 15) is 19.2 Å². The molecule has 0 fully saturated rings. The van der Waals surface area contributed by atoms with Gasteiger partial charge in [0.2, 0.25) is 0 Å². The minimum atomic E-state index is -2.97. The Morgan fingerprint density at radius 3 is 0.840 bits per heavy atom. The molecule has 0 N–H and O–H groups in total. The number of fused-ring (bicyclic) bond motifs is 8. The lowest BCUT2D eigenvalue weighted by atomic mass is 10.1. The molecule has 0 aromatic heterocycles. The van der Waals surface area contributed by atoms with Crippen LogP contribution in [0, 0.1) is 0 Å². The molecular formula is C17H8O8. The highest BCUT2D eigenvalue weighted by Crippen LogP contribution is 2.28. The van der Waals surface area contributed by atoms with Crippen molar-refractivity contribution < 1.29 is 38.1 Å². The first-order valence-corrected chi connectivity index (χ1v) is 7.09. The second-order valence-corrected chi connectivity index (χ2v) is 5.21. The Morgan fingerprint density at radius 1 is 0.440 bits per heavy atom. The molecule has 4 aliphatic rings. The highest BCUT2D eigenvalue weighted by molar-refractivity contribution is 5.97. The lowest BCUT2D eigenvalue weighted by molar-refractivity contribution is -0.413. The Kier molecular flexibility index (Phi) is 3.08. The van der Waals surface area contributed by atoms with Gasteiger partial charge in [0.1, 0.15) is 0 Å². The van der Waals surface area contributed by atoms with Crippen LogP contribution in [0.4, 0.5) is 0 Å². The van der Waals surface area contributed by atoms with E-state index in [-0.39, 0.29) is 22.3 Å². The van der Waals surface area contributed by atoms with Gasteiger partial charge in [-0.3, -0.25) is 0 Å². The first kappa shape index (κ1) is 14.9. The van der Waals surface area contributed by atoms with Crippen molar-refractivity contribution in [3.8, 4) is 0 Å². The van der Waals surface area contributed by atoms with Crippen LogP contribution in [-0.4, -0.2) is 30.0 Å². The summed E-state index contributed by atoms with van der Waals surface area (Å²) in [6.45, 7) is 0. The second kappa shape index (κ2) is 5.17. The number of benzene rings is 2. The quantitative estimate of drug-likeness (QED) is 0.667. The third-order valence-corrected chi connectivity index (χ3v) is 3.58. The summed E-state index contributed by atoms with van der Waals surface area (Å²) in [7, 11) is 0. The molecule has 1 spiro atoms. The Labute approximate surface area is 139 Å². The van der Waals surface area contributed by atoms with Crippen LogP contribution >= 0.6 is 0 Å². The number of esters is 4. The van der Waals surface area contributed by atoms with Crippen LogP contribution in [0.1, 0.15) is 41.4 Å². The molecular weight excluding hydrogens is 332 g/mol. The summed E-state index contributed by atoms with van der Waals surface area (Å²) in [6, 6.07) is 10.6. The average Bonchev–Trinajstić information content (AvgIpc) is 2.72. The maximum atomic E-state index is 12.2. The van der Waals surface area contributed by atoms with Gasteiger partial charge in [0.15, 0.2) is 0 Å². The third-order valence-electron chi connectivity index (χ3n) is 3.58. The monoisotopic (exact) mass is 340 g/mol. The summed E-state index contributed by atoms with van der Waals surface area (Å²) in [6.07, 6.45) is -2.97. The molecule has 0 saturated heterocycles. The number of ether oxygens (including phenoxy) is 4. The van der Waals surface area contributed by atoms with Crippen molar-refractivity contribution in [3.05, 3.63) is 70.8 Å². The smallest absolute Gasteiger partial charge is 0.348 e. The van der Waals surface area contributed by atoms with E-state index in [1.54, 1.807) is 0 Å². The maximum Gasteiger partial charge on any atom is 0.620 e. The van der Waals surface area contributed by atoms with E-state index in [0.717, 1.165) is 0 Å². The highest BCUT2D eigenvalue weighted by Gasteiger charge is 2.51. The first-order valence-electron chi connectivity index (χ1n) is 7.09. The molecule has 124 valence electrons. The van der Waals surface area contributed by atoms with Crippen molar-refractivity contribution >= 4 is 23.9 Å². The van der Waals surface area contributed by atoms with Crippen molar-refractivity contribution in [2.75, 3.05) is 0 Å². The molecule has 2 aromatic carbocycles. The zero-order chi connectivity index (χ0) is 17.6. The van der Waals surface area contributed by atoms with Crippen molar-refractivity contribution in [2.45, 2.75) is 6.16 Å². The molecule has 4 bridgehead atoms. The summed E-state index contributed by atoms with van der Waals surface area (Å²) in [5.74, 6) is -4.04. The lowest BCUT2D eigenvalue weighted by Gasteiger charge is -2.27. The van der Waals surface area contributed by atoms with Crippen LogP contribution in [0.15, 0.2) is 48.5 Å². The van der Waals surface area contributed by atoms with Crippen LogP contribution in [-0.2, 0) is 18.9 Å². The normalized spacial score (nSPS) is 17.9. The summed E-state index contributed by atoms with van der Waals surface area (Å²) >= 11 is 0. The van der Waals surface area contributed by atoms with Gasteiger partial charge in [0.25, 0.3) is 0 Å². The molecule has 0 unspecified atom stereocenters. The van der Waals surface area contributed by atoms with Crippen LogP contribution in [0.3, 0.4) is 0 Å². The molecule has 0 amide bonds. The third kappa shape index (κ3) is 2.49. The van der Waals surface area contributed by atoms with Crippen molar-refractivity contribution in [3.63, 3.8) is 0 Å². The van der Waals surface area contributed by atoms with Crippen molar-refractivity contribution in [1.29, 1.82) is 0 Å². The van der Waals surface area contributed by atoms with E-state index in [0.29, 0.717) is 0 Å². The van der Waals surface area contributed by atoms with Crippen molar-refractivity contribution in [2.24, 2.45) is 0 Å². The van der Waals surface area contributed by atoms with Gasteiger partial charge in [-0.15, -0.1) is 0 Å². The fourth-order valence-corrected chi connectivity index (χ4v) is 2.30. The van der Waals surface area contributed by atoms with E-state index < -0.39 is 30.0 Å². The molecule has 4 heterocycles. The van der Waals surface area contributed by atoms with Gasteiger partial charge in [0, 0.05) is 0 Å². The Hall–Kier alpha value is -3.68. The molecule has 8 heteroatoms. The zero-order valence-corrected chi connectivity index (χ0v) is 12.4. The average molecular weight is 340 g/mol. The Balaban J connectivity index is 1.82. The molecule has 6 rings (SSSR count). The second-order valence-electron chi connectivity index (χ2n) is 5.21. The number of carbonyl (C=O) groups is 4. The van der Waals surface area contributed by atoms with Crippen molar-refractivity contribution in [1.82, 2.24) is 0 Å². The van der Waals surface area contributed by atoms with Gasteiger partial charge in [-0.05, 0) is 48.5 Å². The van der Waals surface area contributed by atoms with Gasteiger partial charge < -0.3 is 18.9 Å². The predicted octanol–water partition coefficient (Wildman–Crippen LogP) is 1.65. The van der Waals surface area contributed by atoms with Gasteiger partial charge in [0.05, 0.1) is 22.3 Å². The first-order chi connectivity index (χ1) is 12.0. The van der Waals surface area contributed by atoms with E-state index in [4.69, 9.17) is 18.9 Å². The largest absolute Gasteiger partial charge is 0.620 e. The Morgan fingerprint density at radius 2 is 0.640 bits per heavy atom. The highest BCUT2D eigenvalue weighted by atomic mass is 17.0. The van der Waals surface area contributed by atoms with Crippen LogP contribution in [0.2, 0.25) is 0 Å². The number of hydrogen-bond donors (Lipinski definition) is 0. The SMILES string of the molecule is O=C1OC2(OC(=O)c3ccc1cc3)OC(=O)c1ccc(cc1)C(=O)O2. The fraction of sp³-hybridized carbons (Fsp3) is 0.0588. The van der Waals surface area contributed by atoms with Crippen LogP contribution < -0.4 is 0 Å². The molecule has 2 aromatic rings. The van der Waals surface area contributed by atoms with Gasteiger partial charge in [-0.1, -0.05) is 0 Å². The maximum absolute atomic E-state index is 12.2. The Bertz CT molecular complexity index is 756. The lowest BCUT2D eigenvalue weighted by Crippen LogP contribution is -2.47. The molecule has 0 aliphatic carbocycles. The van der Waals surface area contributed by atoms with E-state index >= 15 is 0 Å². The fourth-order valence-electron chi connectivity index (χ4n) is 2.30. The molecule has 8 nitrogen and oxygen atoms in total. The standard InChI is InChI=1S/C17H8O8/c18-13-9-1-2-10(4-3-9)14(19)23-17(22-13)24-15(20)11-5-6-12(8-7-11)16(21)25-17/h1-8H. The molecule has 0 saturated carbocycles. The van der Waals surface area contributed by atoms with Gasteiger partial charge >= 0.3 is 30.0 Å². The van der Waals surface area contributed by atoms with E-state index in [2.05, 4.69) is 0 Å². The van der Waals surface area contributed by atoms with E-state index in [1.807, 2.05) is 0 Å². The predicted molar refractivity (Wildman–Crippen MR) is 77.3 cm³/mol. The minimum Gasteiger partial charge on any atom is -0.348 e. The van der Waals surface area contributed by atoms with E-state index in [1.165, 1.54) is 48.5 Å². The van der Waals surface area contributed by atoms with Crippen LogP contribution in [0.5, 0.6) is 0 Å². The minimum absolute atomic E-state index is 0.0490. The number of carbonyl (C=O) groups excluding carboxylic acids is 4. The molecule has 0 atom stereocenters. The summed E-state index contributed by atoms with van der Waals surface area (Å²) in [5, 5.41) is 0. The zero-order valence-electron chi connectivity index (χ0n) is 12.4. The molecule has 4 aliphatic heterocycles. The summed E-state index contributed by atoms with van der Waals surface area (Å²) in [4.78, 5) is 49.0. The van der Waals surface area contributed by atoms with Gasteiger partial charge in [-0.25, -0.2) is 19.2 Å². The molecule has 0 radical (unpaired) electrons. The topological polar surface area (TPSA) is 105 Å². The number of hydrogen-bond acceptors (Lipinski definition) is 8. The van der Waals surface area contributed by atoms with Gasteiger partial charge in [-0.2, -0.15) is 0 Å². The summed E-state index contributed by atoms with van der Waals surface area (Å²) < 4.78 is 19.8. The van der Waals surface area contributed by atoms with Crippen LogP contribution in [0.25, 0.3) is 0 Å². The summed E-state index contributed by atoms with van der Waals surface area (Å²) in [5.41, 5.74) is 0.196. The molecule has 25 heavy (non-hydrogen) atoms.